The van der Waals surface area contributed by atoms with E-state index in [4.69, 9.17) is 0 Å². The number of hydrogen-bond donors (Lipinski definition) is 0. The zero-order valence-corrected chi connectivity index (χ0v) is 18.2. The molecule has 2 saturated heterocycles. The van der Waals surface area contributed by atoms with Crippen LogP contribution in [0, 0.1) is 5.21 Å². The highest BCUT2D eigenvalue weighted by atomic mass is 32.2. The molecule has 4 atom stereocenters. The van der Waals surface area contributed by atoms with Crippen molar-refractivity contribution in [3.8, 4) is 0 Å². The molecule has 2 fully saturated rings. The summed E-state index contributed by atoms with van der Waals surface area (Å²) < 4.78 is 0.538. The zero-order chi connectivity index (χ0) is 21.3. The van der Waals surface area contributed by atoms with Crippen molar-refractivity contribution in [3.63, 3.8) is 0 Å². The van der Waals surface area contributed by atoms with E-state index >= 15 is 0 Å². The Morgan fingerprint density at radius 2 is 1.55 bits per heavy atom. The Hall–Kier alpha value is -2.44. The molecule has 0 spiro atoms. The predicted octanol–water partition coefficient (Wildman–Crippen LogP) is 4.88. The average molecular weight is 431 g/mol. The van der Waals surface area contributed by atoms with Crippen LogP contribution in [0.25, 0.3) is 0 Å². The fourth-order valence-corrected chi connectivity index (χ4v) is 6.94. The molecule has 0 saturated carbocycles. The van der Waals surface area contributed by atoms with E-state index in [1.807, 2.05) is 66.4 Å². The monoisotopic (exact) mass is 430 g/mol. The second-order valence-corrected chi connectivity index (χ2v) is 9.61. The van der Waals surface area contributed by atoms with Crippen LogP contribution in [0.4, 0.5) is 0 Å². The Morgan fingerprint density at radius 3 is 2.23 bits per heavy atom. The summed E-state index contributed by atoms with van der Waals surface area (Å²) in [7, 11) is 0. The van der Waals surface area contributed by atoms with Gasteiger partial charge in [0.15, 0.2) is 0 Å². The number of Topliss-reactive ketones (excluding diaryl/α,β-unsaturated/α-hetero) is 1. The molecule has 5 rings (SSSR count). The number of quaternary nitrogens is 1. The van der Waals surface area contributed by atoms with Gasteiger partial charge in [-0.25, -0.2) is 0 Å². The van der Waals surface area contributed by atoms with Crippen molar-refractivity contribution in [1.29, 1.82) is 0 Å². The number of carbonyl (C=O) groups is 1. The molecule has 0 aliphatic carbocycles. The van der Waals surface area contributed by atoms with Crippen LogP contribution in [-0.4, -0.2) is 46.5 Å². The summed E-state index contributed by atoms with van der Waals surface area (Å²) in [5, 5.41) is 14.8. The Bertz CT molecular complexity index is 1030. The lowest BCUT2D eigenvalue weighted by atomic mass is 10.0. The van der Waals surface area contributed by atoms with Gasteiger partial charge in [-0.2, -0.15) is 0 Å². The molecule has 0 amide bonds. The lowest BCUT2D eigenvalue weighted by Gasteiger charge is -2.42. The molecule has 0 N–H and O–H groups in total. The van der Waals surface area contributed by atoms with Gasteiger partial charge in [0, 0.05) is 18.5 Å². The summed E-state index contributed by atoms with van der Waals surface area (Å²) in [5.74, 6) is 0.896. The van der Waals surface area contributed by atoms with Gasteiger partial charge in [-0.1, -0.05) is 103 Å². The van der Waals surface area contributed by atoms with E-state index in [0.29, 0.717) is 24.0 Å². The average Bonchev–Trinajstić information content (AvgIpc) is 3.29. The summed E-state index contributed by atoms with van der Waals surface area (Å²) >= 11 is 1.89. The van der Waals surface area contributed by atoms with Gasteiger partial charge < -0.3 is 10.3 Å². The fourth-order valence-electron chi connectivity index (χ4n) is 5.14. The van der Waals surface area contributed by atoms with E-state index in [-0.39, 0.29) is 23.2 Å². The minimum absolute atomic E-state index is 0.103. The number of hydroxylamine groups is 2. The smallest absolute Gasteiger partial charge is 0.217 e. The number of carbonyl (C=O) groups excluding carboxylic acids is 1. The number of fused-ring (bicyclic) bond motifs is 1. The lowest BCUT2D eigenvalue weighted by molar-refractivity contribution is -0.941. The van der Waals surface area contributed by atoms with Gasteiger partial charge in [-0.05, 0) is 11.1 Å². The highest BCUT2D eigenvalue weighted by Gasteiger charge is 2.59. The molecule has 31 heavy (non-hydrogen) atoms. The minimum atomic E-state index is -0.249. The van der Waals surface area contributed by atoms with Gasteiger partial charge in [0.05, 0.1) is 5.25 Å². The van der Waals surface area contributed by atoms with Gasteiger partial charge in [-0.3, -0.25) is 9.28 Å². The normalized spacial score (nSPS) is 27.8. The molecule has 0 radical (unpaired) electrons. The Morgan fingerprint density at radius 1 is 0.935 bits per heavy atom. The number of benzene rings is 3. The molecule has 2 aliphatic rings. The second kappa shape index (κ2) is 8.60. The van der Waals surface area contributed by atoms with Crippen LogP contribution in [0.2, 0.25) is 0 Å². The first kappa shape index (κ1) is 20.5. The first-order chi connectivity index (χ1) is 15.2. The van der Waals surface area contributed by atoms with Crippen LogP contribution in [0.5, 0.6) is 0 Å². The van der Waals surface area contributed by atoms with Crippen molar-refractivity contribution in [3.05, 3.63) is 113 Å². The van der Waals surface area contributed by atoms with Gasteiger partial charge in [-0.15, -0.1) is 0 Å². The van der Waals surface area contributed by atoms with Gasteiger partial charge in [0.2, 0.25) is 5.78 Å². The molecule has 4 unspecified atom stereocenters. The maximum atomic E-state index is 13.3. The molecule has 3 aromatic carbocycles. The van der Waals surface area contributed by atoms with Crippen LogP contribution in [-0.2, 0) is 6.42 Å². The van der Waals surface area contributed by atoms with Crippen LogP contribution in [0.1, 0.15) is 26.7 Å². The molecule has 4 nitrogen and oxygen atoms in total. The Balaban J connectivity index is 1.51. The minimum Gasteiger partial charge on any atom is -0.781 e. The third-order valence-electron chi connectivity index (χ3n) is 6.72. The van der Waals surface area contributed by atoms with E-state index in [9.17, 15) is 10.0 Å². The molecule has 2 aliphatic heterocycles. The predicted molar refractivity (Wildman–Crippen MR) is 125 cm³/mol. The number of thioether (sulfide) groups is 1. The zero-order valence-electron chi connectivity index (χ0n) is 17.3. The van der Waals surface area contributed by atoms with Crippen molar-refractivity contribution >= 4 is 17.5 Å². The van der Waals surface area contributed by atoms with E-state index in [0.717, 1.165) is 17.0 Å². The summed E-state index contributed by atoms with van der Waals surface area (Å²) in [6.45, 7) is 0.827. The highest BCUT2D eigenvalue weighted by molar-refractivity contribution is 7.99. The van der Waals surface area contributed by atoms with Gasteiger partial charge in [0.1, 0.15) is 24.6 Å². The summed E-state index contributed by atoms with van der Waals surface area (Å²) in [6.07, 6.45) is 0.409. The van der Waals surface area contributed by atoms with E-state index < -0.39 is 0 Å². The Kier molecular flexibility index (Phi) is 5.67. The molecule has 2 heterocycles. The SMILES string of the molecule is O=C(C[N+]12CSC(c3ccccc3)C1CN([O-])C2Cc1ccccc1)c1ccccc1. The van der Waals surface area contributed by atoms with Crippen LogP contribution in [0.15, 0.2) is 91.0 Å². The third-order valence-corrected chi connectivity index (χ3v) is 8.30. The topological polar surface area (TPSA) is 43.4 Å². The third kappa shape index (κ3) is 3.83. The summed E-state index contributed by atoms with van der Waals surface area (Å²) in [5.41, 5.74) is 3.12. The standard InChI is InChI=1S/C26H26N2O2S/c29-24(21-12-6-2-7-13-21)18-28-19-31-26(22-14-8-3-9-15-22)23(28)17-27(30)25(28)16-20-10-4-1-5-11-20/h1-15,23,25-26H,16-19H2. The molecule has 0 bridgehead atoms. The van der Waals surface area contributed by atoms with E-state index in [1.54, 1.807) is 0 Å². The quantitative estimate of drug-likeness (QED) is 0.413. The van der Waals surface area contributed by atoms with E-state index in [1.165, 1.54) is 10.6 Å². The highest BCUT2D eigenvalue weighted by Crippen LogP contribution is 2.52. The Labute approximate surface area is 187 Å². The number of rotatable bonds is 6. The number of hydrogen-bond acceptors (Lipinski definition) is 4. The second-order valence-electron chi connectivity index (χ2n) is 8.51. The first-order valence-electron chi connectivity index (χ1n) is 10.8. The number of ketones is 1. The first-order valence-corrected chi connectivity index (χ1v) is 11.8. The molecule has 5 heteroatoms. The van der Waals surface area contributed by atoms with Crippen molar-refractivity contribution in [1.82, 2.24) is 5.06 Å². The molecule has 158 valence electrons. The van der Waals surface area contributed by atoms with Crippen molar-refractivity contribution < 1.29 is 9.28 Å². The van der Waals surface area contributed by atoms with Crippen molar-refractivity contribution in [2.75, 3.05) is 19.0 Å². The van der Waals surface area contributed by atoms with Gasteiger partial charge >= 0.3 is 0 Å². The summed E-state index contributed by atoms with van der Waals surface area (Å²) in [6, 6.07) is 30.2. The number of nitrogens with zero attached hydrogens (tertiary/aromatic N) is 2. The van der Waals surface area contributed by atoms with Crippen molar-refractivity contribution in [2.24, 2.45) is 0 Å². The maximum Gasteiger partial charge on any atom is 0.217 e. The van der Waals surface area contributed by atoms with Crippen LogP contribution < -0.4 is 0 Å². The molecular weight excluding hydrogens is 404 g/mol. The van der Waals surface area contributed by atoms with Crippen LogP contribution in [0.3, 0.4) is 0 Å². The van der Waals surface area contributed by atoms with Crippen LogP contribution >= 0.6 is 11.8 Å². The summed E-state index contributed by atoms with van der Waals surface area (Å²) in [4.78, 5) is 13.3. The lowest BCUT2D eigenvalue weighted by Crippen LogP contribution is -2.59. The van der Waals surface area contributed by atoms with Crippen molar-refractivity contribution in [2.45, 2.75) is 23.9 Å². The van der Waals surface area contributed by atoms with E-state index in [2.05, 4.69) is 36.4 Å². The molecular formula is C26H26N2O2S. The largest absolute Gasteiger partial charge is 0.781 e. The van der Waals surface area contributed by atoms with Gasteiger partial charge in [0.25, 0.3) is 0 Å². The molecule has 3 aromatic rings. The maximum absolute atomic E-state index is 13.3. The fraction of sp³-hybridized carbons (Fsp3) is 0.269. The molecule has 0 aromatic heterocycles.